The molecule has 2 nitrogen and oxygen atoms in total. The summed E-state index contributed by atoms with van der Waals surface area (Å²) in [4.78, 5) is 0. The number of rotatable bonds is 3. The molecule has 0 unspecified atom stereocenters. The summed E-state index contributed by atoms with van der Waals surface area (Å²) in [7, 11) is 0. The van der Waals surface area contributed by atoms with E-state index < -0.39 is 0 Å². The zero-order valence-electron chi connectivity index (χ0n) is 8.33. The van der Waals surface area contributed by atoms with Gasteiger partial charge in [0.25, 0.3) is 0 Å². The Balaban J connectivity index is 2.79. The topological polar surface area (TPSA) is 52.0 Å². The molecular formula is C11H18N2. The fraction of sp³-hybridized carbons (Fsp3) is 0.455. The highest BCUT2D eigenvalue weighted by Crippen LogP contribution is 2.13. The van der Waals surface area contributed by atoms with Gasteiger partial charge >= 0.3 is 0 Å². The minimum Gasteiger partial charge on any atom is -0.326 e. The van der Waals surface area contributed by atoms with Gasteiger partial charge in [0.1, 0.15) is 0 Å². The van der Waals surface area contributed by atoms with Crippen molar-refractivity contribution in [1.82, 2.24) is 0 Å². The van der Waals surface area contributed by atoms with Gasteiger partial charge in [0.05, 0.1) is 0 Å². The van der Waals surface area contributed by atoms with Crippen LogP contribution < -0.4 is 11.5 Å². The summed E-state index contributed by atoms with van der Waals surface area (Å²) in [5.74, 6) is 0. The molecule has 0 aromatic heterocycles. The Morgan fingerprint density at radius 1 is 1.15 bits per heavy atom. The number of hydrogen-bond acceptors (Lipinski definition) is 2. The smallest absolute Gasteiger partial charge is 0.0445 e. The maximum atomic E-state index is 5.90. The molecule has 0 aliphatic rings. The molecule has 4 N–H and O–H groups in total. The Kier molecular flexibility index (Phi) is 3.46. The fourth-order valence-corrected chi connectivity index (χ4v) is 1.28. The van der Waals surface area contributed by atoms with Crippen LogP contribution in [0.1, 0.15) is 31.0 Å². The molecule has 2 atom stereocenters. The van der Waals surface area contributed by atoms with Crippen molar-refractivity contribution in [2.24, 2.45) is 11.5 Å². The van der Waals surface area contributed by atoms with Gasteiger partial charge in [0.2, 0.25) is 0 Å². The van der Waals surface area contributed by atoms with E-state index in [9.17, 15) is 0 Å². The predicted octanol–water partition coefficient (Wildman–Crippen LogP) is 1.60. The summed E-state index contributed by atoms with van der Waals surface area (Å²) in [6, 6.07) is 8.30. The summed E-state index contributed by atoms with van der Waals surface area (Å²) in [6.07, 6.45) is 1.06. The molecule has 0 saturated heterocycles. The van der Waals surface area contributed by atoms with Gasteiger partial charge in [-0.15, -0.1) is 0 Å². The first-order valence-corrected chi connectivity index (χ1v) is 4.75. The molecule has 0 fully saturated rings. The maximum Gasteiger partial charge on any atom is 0.0445 e. The second kappa shape index (κ2) is 4.40. The van der Waals surface area contributed by atoms with E-state index in [0.717, 1.165) is 12.0 Å². The summed E-state index contributed by atoms with van der Waals surface area (Å²) in [6.45, 7) is 4.07. The number of benzene rings is 1. The van der Waals surface area contributed by atoms with Crippen molar-refractivity contribution >= 4 is 0 Å². The molecule has 0 saturated carbocycles. The van der Waals surface area contributed by atoms with E-state index in [1.54, 1.807) is 0 Å². The molecule has 0 aliphatic carbocycles. The van der Waals surface area contributed by atoms with Crippen molar-refractivity contribution < 1.29 is 0 Å². The Labute approximate surface area is 79.9 Å². The number of hydrogen-bond donors (Lipinski definition) is 2. The zero-order valence-corrected chi connectivity index (χ0v) is 8.33. The minimum atomic E-state index is -0.0501. The van der Waals surface area contributed by atoms with Gasteiger partial charge < -0.3 is 11.5 Å². The van der Waals surface area contributed by atoms with Gasteiger partial charge in [-0.25, -0.2) is 0 Å². The van der Waals surface area contributed by atoms with Crippen LogP contribution in [0.2, 0.25) is 0 Å². The third-order valence-corrected chi connectivity index (χ3v) is 2.34. The highest BCUT2D eigenvalue weighted by Gasteiger charge is 2.09. The van der Waals surface area contributed by atoms with Crippen LogP contribution in [-0.2, 0) is 6.42 Å². The molecule has 0 spiro atoms. The van der Waals surface area contributed by atoms with Crippen LogP contribution >= 0.6 is 0 Å². The maximum absolute atomic E-state index is 5.90. The first kappa shape index (κ1) is 10.2. The van der Waals surface area contributed by atoms with E-state index in [1.165, 1.54) is 5.56 Å². The molecule has 0 heterocycles. The van der Waals surface area contributed by atoms with Crippen molar-refractivity contribution in [3.05, 3.63) is 35.4 Å². The van der Waals surface area contributed by atoms with Gasteiger partial charge in [-0.05, 0) is 24.5 Å². The van der Waals surface area contributed by atoms with E-state index in [1.807, 2.05) is 6.92 Å². The van der Waals surface area contributed by atoms with Crippen LogP contribution in [0.25, 0.3) is 0 Å². The Hall–Kier alpha value is -0.860. The van der Waals surface area contributed by atoms with E-state index in [-0.39, 0.29) is 12.1 Å². The largest absolute Gasteiger partial charge is 0.326 e. The second-order valence-corrected chi connectivity index (χ2v) is 3.48. The van der Waals surface area contributed by atoms with Crippen molar-refractivity contribution in [2.45, 2.75) is 32.4 Å². The summed E-state index contributed by atoms with van der Waals surface area (Å²) in [5, 5.41) is 0. The van der Waals surface area contributed by atoms with Gasteiger partial charge in [-0.3, -0.25) is 0 Å². The highest BCUT2D eigenvalue weighted by atomic mass is 14.8. The first-order chi connectivity index (χ1) is 6.15. The molecule has 0 amide bonds. The summed E-state index contributed by atoms with van der Waals surface area (Å²) < 4.78 is 0. The quantitative estimate of drug-likeness (QED) is 0.738. The molecule has 1 aromatic carbocycles. The molecule has 1 rings (SSSR count). The van der Waals surface area contributed by atoms with E-state index >= 15 is 0 Å². The lowest BCUT2D eigenvalue weighted by Crippen LogP contribution is -2.30. The van der Waals surface area contributed by atoms with Gasteiger partial charge in [0.15, 0.2) is 0 Å². The van der Waals surface area contributed by atoms with Crippen molar-refractivity contribution in [3.8, 4) is 0 Å². The van der Waals surface area contributed by atoms with Gasteiger partial charge in [-0.1, -0.05) is 31.2 Å². The lowest BCUT2D eigenvalue weighted by Gasteiger charge is -2.16. The van der Waals surface area contributed by atoms with Gasteiger partial charge in [-0.2, -0.15) is 0 Å². The minimum absolute atomic E-state index is 0.00692. The Morgan fingerprint density at radius 3 is 2.08 bits per heavy atom. The highest BCUT2D eigenvalue weighted by molar-refractivity contribution is 5.25. The summed E-state index contributed by atoms with van der Waals surface area (Å²) >= 11 is 0. The number of aryl methyl sites for hydroxylation is 1. The lowest BCUT2D eigenvalue weighted by molar-refractivity contribution is 0.589. The molecule has 2 heteroatoms. The molecular weight excluding hydrogens is 160 g/mol. The summed E-state index contributed by atoms with van der Waals surface area (Å²) in [5.41, 5.74) is 14.1. The van der Waals surface area contributed by atoms with E-state index in [0.29, 0.717) is 0 Å². The third kappa shape index (κ3) is 2.54. The normalized spacial score (nSPS) is 15.4. The molecule has 0 aliphatic heterocycles. The second-order valence-electron chi connectivity index (χ2n) is 3.48. The first-order valence-electron chi connectivity index (χ1n) is 4.75. The van der Waals surface area contributed by atoms with Crippen LogP contribution in [0.15, 0.2) is 24.3 Å². The lowest BCUT2D eigenvalue weighted by atomic mass is 10.0. The monoisotopic (exact) mass is 178 g/mol. The fourth-order valence-electron chi connectivity index (χ4n) is 1.28. The standard InChI is InChI=1S/C11H18N2/c1-3-9-4-6-10(7-5-9)11(13)8(2)12/h4-8,11H,3,12-13H2,1-2H3/t8-,11+/m0/s1. The van der Waals surface area contributed by atoms with Crippen LogP contribution in [0.5, 0.6) is 0 Å². The van der Waals surface area contributed by atoms with Crippen LogP contribution in [0.3, 0.4) is 0 Å². The van der Waals surface area contributed by atoms with E-state index in [2.05, 4.69) is 31.2 Å². The predicted molar refractivity (Wildman–Crippen MR) is 56.4 cm³/mol. The average Bonchev–Trinajstić information content (AvgIpc) is 2.17. The molecule has 72 valence electrons. The SMILES string of the molecule is CCc1ccc([C@H](N)[C@H](C)N)cc1. The Morgan fingerprint density at radius 2 is 1.69 bits per heavy atom. The molecule has 13 heavy (non-hydrogen) atoms. The molecule has 0 radical (unpaired) electrons. The van der Waals surface area contributed by atoms with Crippen molar-refractivity contribution in [3.63, 3.8) is 0 Å². The van der Waals surface area contributed by atoms with Crippen molar-refractivity contribution in [1.29, 1.82) is 0 Å². The molecule has 0 bridgehead atoms. The average molecular weight is 178 g/mol. The third-order valence-electron chi connectivity index (χ3n) is 2.34. The van der Waals surface area contributed by atoms with Crippen LogP contribution in [0, 0.1) is 0 Å². The van der Waals surface area contributed by atoms with E-state index in [4.69, 9.17) is 11.5 Å². The van der Waals surface area contributed by atoms with Gasteiger partial charge in [0, 0.05) is 12.1 Å². The zero-order chi connectivity index (χ0) is 9.84. The van der Waals surface area contributed by atoms with Crippen LogP contribution in [-0.4, -0.2) is 6.04 Å². The molecule has 1 aromatic rings. The van der Waals surface area contributed by atoms with Crippen LogP contribution in [0.4, 0.5) is 0 Å². The number of nitrogens with two attached hydrogens (primary N) is 2. The van der Waals surface area contributed by atoms with Crippen molar-refractivity contribution in [2.75, 3.05) is 0 Å². The Bertz CT molecular complexity index is 251.